The third-order valence-electron chi connectivity index (χ3n) is 4.25. The first-order chi connectivity index (χ1) is 12.6. The van der Waals surface area contributed by atoms with Crippen molar-refractivity contribution in [3.63, 3.8) is 0 Å². The molecule has 0 bridgehead atoms. The molecule has 4 nitrogen and oxygen atoms in total. The number of hydrogen-bond acceptors (Lipinski definition) is 3. The summed E-state index contributed by atoms with van der Waals surface area (Å²) in [5.41, 5.74) is 1.86. The fourth-order valence-corrected chi connectivity index (χ4v) is 4.08. The number of nitrogens with zero attached hydrogens (tertiary/aromatic N) is 2. The summed E-state index contributed by atoms with van der Waals surface area (Å²) in [7, 11) is 0. The first-order valence-electron chi connectivity index (χ1n) is 8.08. The molecule has 1 aliphatic heterocycles. The van der Waals surface area contributed by atoms with Crippen molar-refractivity contribution in [3.05, 3.63) is 77.6 Å². The van der Waals surface area contributed by atoms with Gasteiger partial charge in [0.05, 0.1) is 24.2 Å². The number of halogens is 2. The molecule has 0 aliphatic carbocycles. The average Bonchev–Trinajstić information content (AvgIpc) is 3.27. The molecule has 1 fully saturated rings. The second-order valence-electron chi connectivity index (χ2n) is 5.95. The summed E-state index contributed by atoms with van der Waals surface area (Å²) < 4.78 is 27.5. The zero-order valence-corrected chi connectivity index (χ0v) is 14.5. The van der Waals surface area contributed by atoms with Crippen LogP contribution in [0.5, 0.6) is 0 Å². The fraction of sp³-hybridized carbons (Fsp3) is 0.158. The number of imidazole rings is 1. The molecule has 0 spiro atoms. The molecule has 7 heteroatoms. The van der Waals surface area contributed by atoms with Gasteiger partial charge in [-0.2, -0.15) is 0 Å². The molecule has 1 N–H and O–H groups in total. The van der Waals surface area contributed by atoms with Crippen molar-refractivity contribution >= 4 is 17.7 Å². The van der Waals surface area contributed by atoms with Crippen LogP contribution in [-0.4, -0.2) is 26.5 Å². The van der Waals surface area contributed by atoms with Crippen LogP contribution < -0.4 is 0 Å². The number of carbonyl (C=O) groups is 1. The highest BCUT2D eigenvalue weighted by Crippen LogP contribution is 2.39. The van der Waals surface area contributed by atoms with E-state index in [0.29, 0.717) is 11.6 Å². The molecule has 2 aromatic carbocycles. The smallest absolute Gasteiger partial charge is 0.234 e. The van der Waals surface area contributed by atoms with Crippen molar-refractivity contribution in [1.29, 1.82) is 0 Å². The van der Waals surface area contributed by atoms with E-state index in [9.17, 15) is 13.6 Å². The second kappa shape index (κ2) is 6.92. The molecule has 1 aliphatic rings. The van der Waals surface area contributed by atoms with Gasteiger partial charge in [-0.3, -0.25) is 4.79 Å². The lowest BCUT2D eigenvalue weighted by atomic mass is 10.2. The Hall–Kier alpha value is -2.67. The minimum Gasteiger partial charge on any atom is -0.339 e. The summed E-state index contributed by atoms with van der Waals surface area (Å²) >= 11 is 1.44. The molecular weight excluding hydrogens is 356 g/mol. The van der Waals surface area contributed by atoms with E-state index in [-0.39, 0.29) is 23.4 Å². The van der Waals surface area contributed by atoms with Gasteiger partial charge in [0.15, 0.2) is 11.6 Å². The van der Waals surface area contributed by atoms with Crippen molar-refractivity contribution in [2.45, 2.75) is 11.9 Å². The molecule has 1 atom stereocenters. The minimum atomic E-state index is -0.912. The van der Waals surface area contributed by atoms with Gasteiger partial charge in [-0.05, 0) is 6.07 Å². The van der Waals surface area contributed by atoms with E-state index in [1.54, 1.807) is 11.1 Å². The Bertz CT molecular complexity index is 945. The lowest BCUT2D eigenvalue weighted by Gasteiger charge is -2.23. The number of thioether (sulfide) groups is 1. The van der Waals surface area contributed by atoms with E-state index in [1.807, 2.05) is 30.3 Å². The molecule has 1 saturated heterocycles. The van der Waals surface area contributed by atoms with Gasteiger partial charge in [-0.1, -0.05) is 42.5 Å². The maximum Gasteiger partial charge on any atom is 0.234 e. The largest absolute Gasteiger partial charge is 0.339 e. The van der Waals surface area contributed by atoms with Crippen LogP contribution in [0, 0.1) is 11.6 Å². The topological polar surface area (TPSA) is 49.0 Å². The van der Waals surface area contributed by atoms with Crippen LogP contribution in [-0.2, 0) is 11.3 Å². The van der Waals surface area contributed by atoms with Crippen LogP contribution in [0.2, 0.25) is 0 Å². The Morgan fingerprint density at radius 2 is 1.96 bits per heavy atom. The number of H-pyrrole nitrogens is 1. The standard InChI is InChI=1S/C19H15F2N3OS/c20-14-8-4-7-13(17(14)21)10-24-16(25)11-26-19(24)15-9-22-18(23-15)12-5-2-1-3-6-12/h1-9,19H,10-11H2,(H,22,23). The van der Waals surface area contributed by atoms with Crippen molar-refractivity contribution in [2.75, 3.05) is 5.75 Å². The van der Waals surface area contributed by atoms with Crippen molar-refractivity contribution in [2.24, 2.45) is 0 Å². The average molecular weight is 371 g/mol. The molecule has 26 heavy (non-hydrogen) atoms. The normalized spacial score (nSPS) is 17.1. The summed E-state index contributed by atoms with van der Waals surface area (Å²) in [4.78, 5) is 21.5. The van der Waals surface area contributed by atoms with Gasteiger partial charge in [0.25, 0.3) is 0 Å². The van der Waals surface area contributed by atoms with Gasteiger partial charge in [-0.25, -0.2) is 13.8 Å². The molecule has 3 aromatic rings. The van der Waals surface area contributed by atoms with Crippen LogP contribution in [0.3, 0.4) is 0 Å². The highest BCUT2D eigenvalue weighted by atomic mass is 32.2. The molecule has 1 amide bonds. The Kier molecular flexibility index (Phi) is 4.46. The number of aromatic nitrogens is 2. The summed E-state index contributed by atoms with van der Waals surface area (Å²) in [6.07, 6.45) is 1.69. The van der Waals surface area contributed by atoms with Gasteiger partial charge in [0.1, 0.15) is 11.2 Å². The summed E-state index contributed by atoms with van der Waals surface area (Å²) in [5.74, 6) is -0.935. The number of amides is 1. The molecule has 132 valence electrons. The van der Waals surface area contributed by atoms with Crippen molar-refractivity contribution in [3.8, 4) is 11.4 Å². The lowest BCUT2D eigenvalue weighted by Crippen LogP contribution is -2.28. The molecule has 4 rings (SSSR count). The molecule has 1 unspecified atom stereocenters. The Morgan fingerprint density at radius 3 is 2.77 bits per heavy atom. The van der Waals surface area contributed by atoms with Gasteiger partial charge in [0, 0.05) is 11.1 Å². The molecule has 1 aromatic heterocycles. The van der Waals surface area contributed by atoms with Gasteiger partial charge < -0.3 is 9.88 Å². The van der Waals surface area contributed by atoms with Crippen LogP contribution in [0.4, 0.5) is 8.78 Å². The number of carbonyl (C=O) groups excluding carboxylic acids is 1. The summed E-state index contributed by atoms with van der Waals surface area (Å²) in [6, 6.07) is 13.7. The quantitative estimate of drug-likeness (QED) is 0.750. The van der Waals surface area contributed by atoms with E-state index in [2.05, 4.69) is 9.97 Å². The number of aromatic amines is 1. The number of rotatable bonds is 4. The van der Waals surface area contributed by atoms with Gasteiger partial charge >= 0.3 is 0 Å². The third-order valence-corrected chi connectivity index (χ3v) is 5.49. The maximum atomic E-state index is 14.0. The first-order valence-corrected chi connectivity index (χ1v) is 9.12. The first kappa shape index (κ1) is 16.8. The monoisotopic (exact) mass is 371 g/mol. The highest BCUT2D eigenvalue weighted by molar-refractivity contribution is 8.00. The zero-order valence-electron chi connectivity index (χ0n) is 13.7. The number of hydrogen-bond donors (Lipinski definition) is 1. The SMILES string of the molecule is O=C1CSC(c2cnc(-c3ccccc3)[nH]2)N1Cc1cccc(F)c1F. The van der Waals surface area contributed by atoms with Gasteiger partial charge in [0.2, 0.25) is 5.91 Å². The van der Waals surface area contributed by atoms with Crippen LogP contribution >= 0.6 is 11.8 Å². The van der Waals surface area contributed by atoms with E-state index < -0.39 is 11.6 Å². The van der Waals surface area contributed by atoms with Crippen molar-refractivity contribution < 1.29 is 13.6 Å². The number of benzene rings is 2. The second-order valence-corrected chi connectivity index (χ2v) is 7.02. The lowest BCUT2D eigenvalue weighted by molar-refractivity contribution is -0.128. The van der Waals surface area contributed by atoms with Crippen molar-refractivity contribution in [1.82, 2.24) is 14.9 Å². The van der Waals surface area contributed by atoms with E-state index in [0.717, 1.165) is 17.3 Å². The van der Waals surface area contributed by atoms with Crippen LogP contribution in [0.15, 0.2) is 54.7 Å². The van der Waals surface area contributed by atoms with Crippen LogP contribution in [0.1, 0.15) is 16.6 Å². The van der Waals surface area contributed by atoms with E-state index in [4.69, 9.17) is 0 Å². The maximum absolute atomic E-state index is 14.0. The fourth-order valence-electron chi connectivity index (χ4n) is 2.94. The molecule has 2 heterocycles. The minimum absolute atomic E-state index is 0.0137. The highest BCUT2D eigenvalue weighted by Gasteiger charge is 2.34. The molecular formula is C19H15F2N3OS. The van der Waals surface area contributed by atoms with Gasteiger partial charge in [-0.15, -0.1) is 11.8 Å². The summed E-state index contributed by atoms with van der Waals surface area (Å²) in [6.45, 7) is 0.0137. The third kappa shape index (κ3) is 3.10. The van der Waals surface area contributed by atoms with E-state index >= 15 is 0 Å². The molecule has 0 radical (unpaired) electrons. The van der Waals surface area contributed by atoms with E-state index in [1.165, 1.54) is 23.9 Å². The predicted octanol–water partition coefficient (Wildman–Crippen LogP) is 4.13. The summed E-state index contributed by atoms with van der Waals surface area (Å²) in [5, 5.41) is -0.310. The zero-order chi connectivity index (χ0) is 18.1. The Morgan fingerprint density at radius 1 is 1.15 bits per heavy atom. The predicted molar refractivity (Wildman–Crippen MR) is 96.1 cm³/mol. The molecule has 0 saturated carbocycles. The Balaban J connectivity index is 1.61. The van der Waals surface area contributed by atoms with Crippen LogP contribution in [0.25, 0.3) is 11.4 Å². The number of nitrogens with one attached hydrogen (secondary N) is 1. The Labute approximate surface area is 153 Å².